The third kappa shape index (κ3) is 4.35. The number of alkyl halides is 3. The quantitative estimate of drug-likeness (QED) is 0.199. The fraction of sp³-hybridized carbons (Fsp3) is 0.269. The molecule has 2 aliphatic rings. The summed E-state index contributed by atoms with van der Waals surface area (Å²) in [5.41, 5.74) is -0.913. The van der Waals surface area contributed by atoms with E-state index >= 15 is 0 Å². The third-order valence-electron chi connectivity index (χ3n) is 7.06. The topological polar surface area (TPSA) is 106 Å². The van der Waals surface area contributed by atoms with Gasteiger partial charge in [-0.15, -0.1) is 11.8 Å². The van der Waals surface area contributed by atoms with Gasteiger partial charge in [-0.2, -0.15) is 22.6 Å². The maximum Gasteiger partial charge on any atom is 0.416 e. The van der Waals surface area contributed by atoms with Gasteiger partial charge in [-0.3, -0.25) is 4.79 Å². The van der Waals surface area contributed by atoms with Crippen molar-refractivity contribution in [3.63, 3.8) is 0 Å². The maximum atomic E-state index is 14.2. The number of ether oxygens (including phenoxy) is 1. The van der Waals surface area contributed by atoms with Gasteiger partial charge in [0.1, 0.15) is 6.04 Å². The van der Waals surface area contributed by atoms with Crippen LogP contribution in [-0.2, 0) is 26.9 Å². The Labute approximate surface area is 234 Å². The molecule has 0 bridgehead atoms. The number of nitrogens with one attached hydrogen (secondary N) is 1. The molecule has 0 spiro atoms. The molecule has 4 amide bonds. The van der Waals surface area contributed by atoms with Crippen LogP contribution in [0.1, 0.15) is 33.2 Å². The van der Waals surface area contributed by atoms with Gasteiger partial charge in [0.25, 0.3) is 11.0 Å². The number of hydrogen-bond acceptors (Lipinski definition) is 8. The summed E-state index contributed by atoms with van der Waals surface area (Å²) >= 11 is 2.37. The highest BCUT2D eigenvalue weighted by molar-refractivity contribution is 7.98. The SMILES string of the molecule is COC(=O)c1csc([N+]2(C)C(=O)[C@@H](N3C(=O)NC(c4ccc(SC)cc4)C3=O)Cc3c(C(F)(F)F)cccc32)n1. The van der Waals surface area contributed by atoms with Crippen LogP contribution < -0.4 is 9.80 Å². The number of nitrogens with zero attached hydrogens (tertiary/aromatic N) is 3. The second kappa shape index (κ2) is 10.0. The number of rotatable bonds is 5. The van der Waals surface area contributed by atoms with E-state index in [1.807, 2.05) is 6.26 Å². The van der Waals surface area contributed by atoms with E-state index in [-0.39, 0.29) is 22.1 Å². The van der Waals surface area contributed by atoms with Crippen LogP contribution in [0.4, 0.5) is 28.8 Å². The van der Waals surface area contributed by atoms with E-state index in [0.29, 0.717) is 10.5 Å². The van der Waals surface area contributed by atoms with Crippen LogP contribution in [0.2, 0.25) is 0 Å². The molecule has 5 rings (SSSR count). The normalized spacial score (nSPS) is 22.8. The largest absolute Gasteiger partial charge is 0.464 e. The van der Waals surface area contributed by atoms with Crippen LogP contribution in [0.15, 0.2) is 52.7 Å². The van der Waals surface area contributed by atoms with Crippen molar-refractivity contribution in [3.8, 4) is 0 Å². The molecule has 1 aromatic heterocycles. The lowest BCUT2D eigenvalue weighted by atomic mass is 9.90. The molecule has 3 atom stereocenters. The Morgan fingerprint density at radius 1 is 1.18 bits per heavy atom. The minimum atomic E-state index is -4.78. The fourth-order valence-corrected chi connectivity index (χ4v) is 6.37. The van der Waals surface area contributed by atoms with Crippen molar-refractivity contribution in [1.29, 1.82) is 0 Å². The highest BCUT2D eigenvalue weighted by Gasteiger charge is 2.57. The number of esters is 1. The molecule has 0 saturated carbocycles. The number of halogens is 3. The van der Waals surface area contributed by atoms with Gasteiger partial charge in [-0.05, 0) is 30.0 Å². The molecule has 3 heterocycles. The Bertz CT molecular complexity index is 1540. The molecule has 2 unspecified atom stereocenters. The van der Waals surface area contributed by atoms with Gasteiger partial charge in [0.05, 0.1) is 19.7 Å². The number of carbonyl (C=O) groups excluding carboxylic acids is 4. The first-order valence-electron chi connectivity index (χ1n) is 11.8. The van der Waals surface area contributed by atoms with E-state index in [1.54, 1.807) is 24.3 Å². The van der Waals surface area contributed by atoms with E-state index in [9.17, 15) is 32.3 Å². The summed E-state index contributed by atoms with van der Waals surface area (Å²) < 4.78 is 46.3. The lowest BCUT2D eigenvalue weighted by Gasteiger charge is -2.39. The van der Waals surface area contributed by atoms with E-state index in [1.165, 1.54) is 36.3 Å². The monoisotopic (exact) mass is 591 g/mol. The summed E-state index contributed by atoms with van der Waals surface area (Å²) in [7, 11) is 2.48. The van der Waals surface area contributed by atoms with E-state index in [4.69, 9.17) is 0 Å². The van der Waals surface area contributed by atoms with Crippen LogP contribution in [0, 0.1) is 0 Å². The number of imide groups is 1. The highest BCUT2D eigenvalue weighted by Crippen LogP contribution is 2.47. The number of urea groups is 1. The smallest absolute Gasteiger partial charge is 0.416 e. The van der Waals surface area contributed by atoms with Gasteiger partial charge >= 0.3 is 24.1 Å². The first-order chi connectivity index (χ1) is 18.9. The molecule has 2 aliphatic heterocycles. The Kier molecular flexibility index (Phi) is 6.96. The number of amides is 4. The zero-order valence-corrected chi connectivity index (χ0v) is 22.9. The van der Waals surface area contributed by atoms with Gasteiger partial charge in [0.2, 0.25) is 0 Å². The molecule has 40 heavy (non-hydrogen) atoms. The second-order valence-corrected chi connectivity index (χ2v) is 11.0. The van der Waals surface area contributed by atoms with Crippen LogP contribution >= 0.6 is 23.1 Å². The molecule has 1 N–H and O–H groups in total. The fourth-order valence-electron chi connectivity index (χ4n) is 5.05. The number of quaternary nitrogens is 1. The van der Waals surface area contributed by atoms with Gasteiger partial charge < -0.3 is 10.1 Å². The van der Waals surface area contributed by atoms with Crippen molar-refractivity contribution in [1.82, 2.24) is 19.7 Å². The summed E-state index contributed by atoms with van der Waals surface area (Å²) in [5.74, 6) is -2.29. The van der Waals surface area contributed by atoms with E-state index in [2.05, 4.69) is 15.0 Å². The number of carbonyl (C=O) groups is 4. The molecular weight excluding hydrogens is 569 g/mol. The number of hydrogen-bond donors (Lipinski definition) is 1. The van der Waals surface area contributed by atoms with Crippen LogP contribution in [-0.4, -0.2) is 60.2 Å². The number of benzene rings is 2. The van der Waals surface area contributed by atoms with Gasteiger partial charge in [0.15, 0.2) is 17.4 Å². The van der Waals surface area contributed by atoms with Crippen LogP contribution in [0.5, 0.6) is 0 Å². The number of likely N-dealkylation sites (N-methyl/N-ethyl adjacent to an activating group) is 1. The van der Waals surface area contributed by atoms with Crippen LogP contribution in [0.3, 0.4) is 0 Å². The lowest BCUT2D eigenvalue weighted by molar-refractivity contribution is -0.142. The molecule has 0 radical (unpaired) electrons. The van der Waals surface area contributed by atoms with Crippen molar-refractivity contribution in [2.75, 3.05) is 20.4 Å². The number of fused-ring (bicyclic) bond motifs is 1. The van der Waals surface area contributed by atoms with E-state index in [0.717, 1.165) is 29.4 Å². The predicted molar refractivity (Wildman–Crippen MR) is 141 cm³/mol. The van der Waals surface area contributed by atoms with Crippen molar-refractivity contribution in [3.05, 3.63) is 70.2 Å². The Hall–Kier alpha value is -3.75. The standard InChI is InChI=1S/C26H21F3N4O5S2/c1-33(25-30-17(12-40-25)23(36)38-2)19-6-4-5-16(26(27,28)29)15(19)11-18(22(33)35)32-21(34)20(31-24(32)37)13-7-9-14(39-3)10-8-13/h4-10,12,18,20H,11H2,1-3H3/p+1/t18-,20?,33?/m0/s1. The van der Waals surface area contributed by atoms with Crippen molar-refractivity contribution in [2.45, 2.75) is 29.6 Å². The van der Waals surface area contributed by atoms with Gasteiger partial charge in [0, 0.05) is 28.3 Å². The Morgan fingerprint density at radius 3 is 2.50 bits per heavy atom. The van der Waals surface area contributed by atoms with Gasteiger partial charge in [-0.25, -0.2) is 19.3 Å². The van der Waals surface area contributed by atoms with Crippen molar-refractivity contribution < 1.29 is 37.1 Å². The summed E-state index contributed by atoms with van der Waals surface area (Å²) in [5, 5.41) is 3.87. The lowest BCUT2D eigenvalue weighted by Crippen LogP contribution is -2.61. The van der Waals surface area contributed by atoms with Crippen LogP contribution in [0.25, 0.3) is 0 Å². The minimum absolute atomic E-state index is 0.0156. The molecule has 2 aromatic carbocycles. The number of methoxy groups -OCH3 is 1. The first-order valence-corrected chi connectivity index (χ1v) is 13.9. The predicted octanol–water partition coefficient (Wildman–Crippen LogP) is 4.68. The van der Waals surface area contributed by atoms with Gasteiger partial charge in [-0.1, -0.05) is 29.5 Å². The summed E-state index contributed by atoms with van der Waals surface area (Å²) in [6.45, 7) is 0. The maximum absolute atomic E-state index is 14.2. The second-order valence-electron chi connectivity index (χ2n) is 9.24. The zero-order chi connectivity index (χ0) is 29.0. The Morgan fingerprint density at radius 2 is 1.88 bits per heavy atom. The molecule has 14 heteroatoms. The van der Waals surface area contributed by atoms with E-state index < -0.39 is 58.5 Å². The number of thioether (sulfide) groups is 1. The average Bonchev–Trinajstić information content (AvgIpc) is 3.54. The molecule has 208 valence electrons. The summed E-state index contributed by atoms with van der Waals surface area (Å²) in [4.78, 5) is 58.8. The molecule has 0 aliphatic carbocycles. The Balaban J connectivity index is 1.63. The average molecular weight is 592 g/mol. The molecule has 1 fully saturated rings. The van der Waals surface area contributed by atoms with Crippen molar-refractivity contribution >= 4 is 57.7 Å². The molecule has 9 nitrogen and oxygen atoms in total. The third-order valence-corrected chi connectivity index (χ3v) is 8.81. The molecule has 1 saturated heterocycles. The zero-order valence-electron chi connectivity index (χ0n) is 21.3. The number of aromatic nitrogens is 1. The summed E-state index contributed by atoms with van der Waals surface area (Å²) in [6, 6.07) is 6.75. The summed E-state index contributed by atoms with van der Waals surface area (Å²) in [6.07, 6.45) is -3.43. The molecular formula is C26H22F3N4O5S2+. The minimum Gasteiger partial charge on any atom is -0.464 e. The van der Waals surface area contributed by atoms with Crippen molar-refractivity contribution in [2.24, 2.45) is 0 Å². The first kappa shape index (κ1) is 27.8. The molecule has 3 aromatic rings. The number of thiazole rings is 1. The highest BCUT2D eigenvalue weighted by atomic mass is 32.2.